The molecular weight excluding hydrogens is 398 g/mol. The van der Waals surface area contributed by atoms with Gasteiger partial charge in [0.1, 0.15) is 11.6 Å². The molecule has 0 radical (unpaired) electrons. The van der Waals surface area contributed by atoms with E-state index in [-0.39, 0.29) is 13.2 Å². The molecule has 0 spiro atoms. The van der Waals surface area contributed by atoms with Crippen LogP contribution in [0.15, 0.2) is 24.3 Å². The summed E-state index contributed by atoms with van der Waals surface area (Å²) < 4.78 is 21.1. The number of benzene rings is 1. The number of hydrogen-bond donors (Lipinski definition) is 1. The number of rotatable bonds is 6. The van der Waals surface area contributed by atoms with Crippen molar-refractivity contribution in [2.75, 3.05) is 25.1 Å². The van der Waals surface area contributed by atoms with Crippen molar-refractivity contribution >= 4 is 34.2 Å². The Balaban J connectivity index is 1.57. The van der Waals surface area contributed by atoms with Crippen LogP contribution in [0.3, 0.4) is 0 Å². The van der Waals surface area contributed by atoms with Gasteiger partial charge in [-0.05, 0) is 38.5 Å². The number of fused-ring (bicyclic) bond motifs is 1. The van der Waals surface area contributed by atoms with Crippen molar-refractivity contribution in [1.29, 1.82) is 0 Å². The molecule has 0 bridgehead atoms. The molecule has 1 aromatic carbocycles. The molecule has 0 fully saturated rings. The van der Waals surface area contributed by atoms with E-state index in [1.807, 2.05) is 6.92 Å². The van der Waals surface area contributed by atoms with Crippen molar-refractivity contribution in [2.45, 2.75) is 26.9 Å². The first-order valence-electron chi connectivity index (χ1n) is 9.02. The molecule has 154 valence electrons. The summed E-state index contributed by atoms with van der Waals surface area (Å²) in [4.78, 5) is 37.5. The molecule has 0 aliphatic carbocycles. The van der Waals surface area contributed by atoms with Crippen molar-refractivity contribution < 1.29 is 33.3 Å². The smallest absolute Gasteiger partial charge is 0.351 e. The highest BCUT2D eigenvalue weighted by atomic mass is 32.1. The third-order valence-electron chi connectivity index (χ3n) is 4.23. The highest BCUT2D eigenvalue weighted by molar-refractivity contribution is 7.16. The Morgan fingerprint density at radius 2 is 1.90 bits per heavy atom. The highest BCUT2D eigenvalue weighted by Crippen LogP contribution is 2.33. The van der Waals surface area contributed by atoms with Gasteiger partial charge < -0.3 is 24.3 Å². The number of esters is 2. The number of para-hydroxylation sites is 2. The Morgan fingerprint density at radius 1 is 1.17 bits per heavy atom. The minimum atomic E-state index is -0.959. The van der Waals surface area contributed by atoms with Crippen LogP contribution in [0.5, 0.6) is 11.5 Å². The topological polar surface area (TPSA) is 100 Å². The minimum absolute atomic E-state index is 0.00616. The van der Waals surface area contributed by atoms with Crippen molar-refractivity contribution in [3.63, 3.8) is 0 Å². The van der Waals surface area contributed by atoms with Gasteiger partial charge in [0.25, 0.3) is 5.91 Å². The lowest BCUT2D eigenvalue weighted by Crippen LogP contribution is -2.39. The minimum Gasteiger partial charge on any atom is -0.485 e. The lowest BCUT2D eigenvalue weighted by atomic mass is 10.1. The number of ether oxygens (including phenoxy) is 4. The summed E-state index contributed by atoms with van der Waals surface area (Å²) in [5, 5.41) is 2.98. The predicted octanol–water partition coefficient (Wildman–Crippen LogP) is 2.86. The number of carbonyl (C=O) groups is 3. The number of thiophene rings is 1. The third kappa shape index (κ3) is 4.68. The molecule has 1 amide bonds. The van der Waals surface area contributed by atoms with E-state index in [1.54, 1.807) is 38.1 Å². The van der Waals surface area contributed by atoms with Gasteiger partial charge in [-0.1, -0.05) is 12.1 Å². The molecule has 0 saturated heterocycles. The molecule has 0 saturated carbocycles. The number of hydrogen-bond acceptors (Lipinski definition) is 8. The molecular formula is C20H21NO7S. The Labute approximate surface area is 171 Å². The standard InChI is InChI=1S/C20H21NO7S/c1-4-25-20(24)17-11(2)12(3)29-18(17)21-16(22)10-27-19(23)15-9-26-13-7-5-6-8-14(13)28-15/h5-8,15H,4,9-10H2,1-3H3,(H,21,22)/t15-/m1/s1. The Kier molecular flexibility index (Phi) is 6.38. The number of anilines is 1. The molecule has 0 unspecified atom stereocenters. The maximum atomic E-state index is 12.2. The average molecular weight is 419 g/mol. The molecule has 2 heterocycles. The second kappa shape index (κ2) is 8.95. The zero-order valence-corrected chi connectivity index (χ0v) is 17.1. The van der Waals surface area contributed by atoms with E-state index < -0.39 is 30.6 Å². The second-order valence-electron chi connectivity index (χ2n) is 6.23. The summed E-state index contributed by atoms with van der Waals surface area (Å²) >= 11 is 1.26. The molecule has 1 aromatic heterocycles. The zero-order chi connectivity index (χ0) is 21.0. The molecule has 3 rings (SSSR count). The quantitative estimate of drug-likeness (QED) is 0.719. The summed E-state index contributed by atoms with van der Waals surface area (Å²) in [6, 6.07) is 6.97. The van der Waals surface area contributed by atoms with Gasteiger partial charge in [0.2, 0.25) is 6.10 Å². The van der Waals surface area contributed by atoms with Crippen LogP contribution in [0, 0.1) is 13.8 Å². The summed E-state index contributed by atoms with van der Waals surface area (Å²) in [5.41, 5.74) is 1.06. The molecule has 1 atom stereocenters. The van der Waals surface area contributed by atoms with E-state index in [2.05, 4.69) is 5.32 Å². The SMILES string of the molecule is CCOC(=O)c1c(NC(=O)COC(=O)[C@H]2COc3ccccc3O2)sc(C)c1C. The first-order chi connectivity index (χ1) is 13.9. The van der Waals surface area contributed by atoms with Crippen LogP contribution in [-0.2, 0) is 19.1 Å². The number of aryl methyl sites for hydroxylation is 1. The van der Waals surface area contributed by atoms with E-state index >= 15 is 0 Å². The number of nitrogens with one attached hydrogen (secondary N) is 1. The van der Waals surface area contributed by atoms with Crippen LogP contribution in [-0.4, -0.2) is 43.8 Å². The number of carbonyl (C=O) groups excluding carboxylic acids is 3. The van der Waals surface area contributed by atoms with Crippen LogP contribution in [0.2, 0.25) is 0 Å². The Hall–Kier alpha value is -3.07. The average Bonchev–Trinajstić information content (AvgIpc) is 2.99. The monoisotopic (exact) mass is 419 g/mol. The molecule has 2 aromatic rings. The zero-order valence-electron chi connectivity index (χ0n) is 16.3. The van der Waals surface area contributed by atoms with E-state index in [1.165, 1.54) is 11.3 Å². The highest BCUT2D eigenvalue weighted by Gasteiger charge is 2.29. The molecule has 1 aliphatic heterocycles. The molecule has 29 heavy (non-hydrogen) atoms. The van der Waals surface area contributed by atoms with E-state index in [0.29, 0.717) is 22.1 Å². The largest absolute Gasteiger partial charge is 0.485 e. The van der Waals surface area contributed by atoms with Crippen molar-refractivity contribution in [1.82, 2.24) is 0 Å². The van der Waals surface area contributed by atoms with Crippen molar-refractivity contribution in [2.24, 2.45) is 0 Å². The summed E-state index contributed by atoms with van der Waals surface area (Å²) in [6.07, 6.45) is -0.959. The van der Waals surface area contributed by atoms with Crippen LogP contribution < -0.4 is 14.8 Å². The van der Waals surface area contributed by atoms with E-state index in [0.717, 1.165) is 10.4 Å². The van der Waals surface area contributed by atoms with E-state index in [4.69, 9.17) is 18.9 Å². The fourth-order valence-electron chi connectivity index (χ4n) is 2.69. The van der Waals surface area contributed by atoms with Gasteiger partial charge in [0.05, 0.1) is 12.2 Å². The van der Waals surface area contributed by atoms with Gasteiger partial charge in [-0.25, -0.2) is 9.59 Å². The Morgan fingerprint density at radius 3 is 2.62 bits per heavy atom. The molecule has 1 aliphatic rings. The summed E-state index contributed by atoms with van der Waals surface area (Å²) in [6.45, 7) is 5.04. The van der Waals surface area contributed by atoms with Crippen molar-refractivity contribution in [3.05, 3.63) is 40.3 Å². The fourth-order valence-corrected chi connectivity index (χ4v) is 3.76. The fraction of sp³-hybridized carbons (Fsp3) is 0.350. The molecule has 9 heteroatoms. The van der Waals surface area contributed by atoms with Gasteiger partial charge in [0, 0.05) is 4.88 Å². The lowest BCUT2D eigenvalue weighted by molar-refractivity contribution is -0.156. The van der Waals surface area contributed by atoms with Crippen molar-refractivity contribution in [3.8, 4) is 11.5 Å². The first kappa shape index (κ1) is 20.7. The normalized spacial score (nSPS) is 14.8. The summed E-state index contributed by atoms with van der Waals surface area (Å²) in [7, 11) is 0. The maximum absolute atomic E-state index is 12.2. The third-order valence-corrected chi connectivity index (χ3v) is 5.36. The van der Waals surface area contributed by atoms with E-state index in [9.17, 15) is 14.4 Å². The Bertz CT molecular complexity index is 937. The molecule has 1 N–H and O–H groups in total. The van der Waals surface area contributed by atoms with Gasteiger partial charge in [-0.15, -0.1) is 11.3 Å². The van der Waals surface area contributed by atoms with Crippen LogP contribution >= 0.6 is 11.3 Å². The van der Waals surface area contributed by atoms with Gasteiger partial charge in [-0.3, -0.25) is 4.79 Å². The molecule has 8 nitrogen and oxygen atoms in total. The number of amides is 1. The van der Waals surface area contributed by atoms with Crippen LogP contribution in [0.1, 0.15) is 27.7 Å². The summed E-state index contributed by atoms with van der Waals surface area (Å²) in [5.74, 6) is -0.799. The van der Waals surface area contributed by atoms with Gasteiger partial charge in [-0.2, -0.15) is 0 Å². The first-order valence-corrected chi connectivity index (χ1v) is 9.84. The van der Waals surface area contributed by atoms with Gasteiger partial charge in [0.15, 0.2) is 18.1 Å². The predicted molar refractivity (Wildman–Crippen MR) is 106 cm³/mol. The maximum Gasteiger partial charge on any atom is 0.351 e. The van der Waals surface area contributed by atoms with Crippen LogP contribution in [0.4, 0.5) is 5.00 Å². The lowest BCUT2D eigenvalue weighted by Gasteiger charge is -2.24. The van der Waals surface area contributed by atoms with Gasteiger partial charge >= 0.3 is 11.9 Å². The second-order valence-corrected chi connectivity index (χ2v) is 7.45. The van der Waals surface area contributed by atoms with Crippen LogP contribution in [0.25, 0.3) is 0 Å².